The van der Waals surface area contributed by atoms with Gasteiger partial charge in [0, 0.05) is 61.2 Å². The standard InChI is InChI=1S/C42H54N2O13/c1-11-12-17-55-43-19-27-32-37(50)30-29(36(27)49)31-39(25(7)35(30)48)57-42(9,40(31)51)54-18-16-28(53-10)22(4)38(56-26(8)45)24(6)34(47)23(5)33(46)20(2)14-13-15-21(3)41(52)44-32/h11-16,18-20,22-24,28,33-34,38,46-50H,17H2,1-10H3,(H,44,52)/b12-11+,14-13+,18-16+,21-15-,43-19+. The molecule has 15 nitrogen and oxygen atoms in total. The lowest BCUT2D eigenvalue weighted by molar-refractivity contribution is -0.160. The number of aliphatic hydroxyl groups is 2. The highest BCUT2D eigenvalue weighted by molar-refractivity contribution is 6.23. The van der Waals surface area contributed by atoms with Gasteiger partial charge >= 0.3 is 11.8 Å². The molecule has 0 saturated carbocycles. The molecule has 57 heavy (non-hydrogen) atoms. The zero-order valence-corrected chi connectivity index (χ0v) is 33.9. The Morgan fingerprint density at radius 2 is 1.67 bits per heavy atom. The van der Waals surface area contributed by atoms with Crippen LogP contribution in [-0.2, 0) is 28.6 Å². The third-order valence-electron chi connectivity index (χ3n) is 10.7. The van der Waals surface area contributed by atoms with Gasteiger partial charge in [-0.3, -0.25) is 14.4 Å². The van der Waals surface area contributed by atoms with Gasteiger partial charge in [0.15, 0.2) is 5.75 Å². The smallest absolute Gasteiger partial charge is 0.312 e. The molecular weight excluding hydrogens is 740 g/mol. The molecule has 0 radical (unpaired) electrons. The summed E-state index contributed by atoms with van der Waals surface area (Å²) in [5, 5.41) is 63.7. The predicted octanol–water partition coefficient (Wildman–Crippen LogP) is 5.68. The molecule has 0 saturated heterocycles. The molecule has 0 aliphatic carbocycles. The number of aromatic hydroxyl groups is 3. The van der Waals surface area contributed by atoms with Crippen molar-refractivity contribution in [3.63, 3.8) is 0 Å². The monoisotopic (exact) mass is 794 g/mol. The van der Waals surface area contributed by atoms with Gasteiger partial charge in [-0.05, 0) is 32.9 Å². The second-order valence-electron chi connectivity index (χ2n) is 14.7. The minimum atomic E-state index is -2.06. The van der Waals surface area contributed by atoms with Crippen molar-refractivity contribution in [2.75, 3.05) is 19.0 Å². The number of hydrogen-bond donors (Lipinski definition) is 6. The quantitative estimate of drug-likeness (QED) is 0.0395. The number of ether oxygens (including phenoxy) is 4. The number of phenolic OH excluding ortho intramolecular Hbond substituents is 3. The number of carbonyl (C=O) groups is 3. The van der Waals surface area contributed by atoms with Crippen molar-refractivity contribution in [2.24, 2.45) is 28.8 Å². The fraction of sp³-hybridized carbons (Fsp3) is 0.476. The van der Waals surface area contributed by atoms with Crippen LogP contribution in [-0.4, -0.2) is 93.3 Å². The van der Waals surface area contributed by atoms with E-state index in [9.17, 15) is 39.9 Å². The molecule has 9 atom stereocenters. The summed E-state index contributed by atoms with van der Waals surface area (Å²) in [4.78, 5) is 45.4. The van der Waals surface area contributed by atoms with E-state index in [-0.39, 0.29) is 51.1 Å². The number of ketones is 1. The second-order valence-corrected chi connectivity index (χ2v) is 14.7. The Hall–Kier alpha value is -5.38. The molecule has 3 aliphatic heterocycles. The van der Waals surface area contributed by atoms with Gasteiger partial charge in [-0.1, -0.05) is 57.2 Å². The number of carbonyl (C=O) groups excluding carboxylic acids is 3. The van der Waals surface area contributed by atoms with Crippen LogP contribution in [0.1, 0.15) is 76.9 Å². The maximum atomic E-state index is 14.3. The summed E-state index contributed by atoms with van der Waals surface area (Å²) >= 11 is 0. The van der Waals surface area contributed by atoms with Crippen LogP contribution >= 0.6 is 0 Å². The second kappa shape index (κ2) is 18.3. The van der Waals surface area contributed by atoms with Crippen molar-refractivity contribution in [3.05, 3.63) is 65.0 Å². The molecule has 310 valence electrons. The number of hydrogen-bond acceptors (Lipinski definition) is 14. The van der Waals surface area contributed by atoms with Crippen LogP contribution in [0.2, 0.25) is 0 Å². The highest BCUT2D eigenvalue weighted by Gasteiger charge is 2.50. The van der Waals surface area contributed by atoms with Gasteiger partial charge in [0.2, 0.25) is 0 Å². The molecule has 0 spiro atoms. The van der Waals surface area contributed by atoms with E-state index in [0.717, 1.165) is 6.21 Å². The first kappa shape index (κ1) is 44.3. The number of nitrogens with zero attached hydrogens (tertiary/aromatic N) is 1. The fourth-order valence-electron chi connectivity index (χ4n) is 7.14. The Bertz CT molecular complexity index is 2020. The van der Waals surface area contributed by atoms with Crippen molar-refractivity contribution >= 4 is 40.3 Å². The van der Waals surface area contributed by atoms with E-state index in [0.29, 0.717) is 0 Å². The number of phenols is 3. The topological polar surface area (TPSA) is 223 Å². The summed E-state index contributed by atoms with van der Waals surface area (Å²) in [5.74, 6) is -8.67. The molecule has 1 amide bonds. The van der Waals surface area contributed by atoms with Crippen molar-refractivity contribution in [2.45, 2.75) is 92.5 Å². The van der Waals surface area contributed by atoms with E-state index in [1.165, 1.54) is 53.2 Å². The fourth-order valence-corrected chi connectivity index (χ4v) is 7.14. The van der Waals surface area contributed by atoms with Crippen LogP contribution in [0.3, 0.4) is 0 Å². The number of anilines is 1. The predicted molar refractivity (Wildman–Crippen MR) is 212 cm³/mol. The molecule has 6 N–H and O–H groups in total. The van der Waals surface area contributed by atoms with Gasteiger partial charge in [-0.15, -0.1) is 0 Å². The summed E-state index contributed by atoms with van der Waals surface area (Å²) in [6.07, 6.45) is 7.87. The minimum Gasteiger partial charge on any atom is -0.507 e. The van der Waals surface area contributed by atoms with Crippen molar-refractivity contribution in [3.8, 4) is 23.0 Å². The van der Waals surface area contributed by atoms with E-state index < -0.39 is 88.8 Å². The molecule has 3 heterocycles. The normalized spacial score (nSPS) is 30.8. The molecule has 3 aliphatic rings. The Balaban J connectivity index is 1.97. The van der Waals surface area contributed by atoms with Gasteiger partial charge in [0.1, 0.15) is 30.0 Å². The third kappa shape index (κ3) is 8.95. The molecule has 5 bridgehead atoms. The van der Waals surface area contributed by atoms with Crippen LogP contribution in [0.5, 0.6) is 23.0 Å². The van der Waals surface area contributed by atoms with Crippen molar-refractivity contribution in [1.82, 2.24) is 0 Å². The van der Waals surface area contributed by atoms with Crippen LogP contribution < -0.4 is 10.1 Å². The summed E-state index contributed by atoms with van der Waals surface area (Å²) in [6, 6.07) is 0. The highest BCUT2D eigenvalue weighted by Crippen LogP contribution is 2.55. The van der Waals surface area contributed by atoms with Crippen LogP contribution in [0.4, 0.5) is 5.69 Å². The Morgan fingerprint density at radius 3 is 2.30 bits per heavy atom. The summed E-state index contributed by atoms with van der Waals surface area (Å²) in [6.45, 7) is 14.2. The number of oxime groups is 1. The average molecular weight is 795 g/mol. The number of methoxy groups -OCH3 is 1. The number of esters is 1. The van der Waals surface area contributed by atoms with E-state index in [4.69, 9.17) is 23.8 Å². The van der Waals surface area contributed by atoms with Gasteiger partial charge in [0.05, 0.1) is 53.0 Å². The summed E-state index contributed by atoms with van der Waals surface area (Å²) in [5.41, 5.74) is -0.647. The summed E-state index contributed by atoms with van der Waals surface area (Å²) < 4.78 is 23.4. The Morgan fingerprint density at radius 1 is 0.982 bits per heavy atom. The lowest BCUT2D eigenvalue weighted by atomic mass is 9.78. The number of fused-ring (bicyclic) bond motifs is 14. The first-order valence-electron chi connectivity index (χ1n) is 18.7. The van der Waals surface area contributed by atoms with E-state index >= 15 is 0 Å². The highest BCUT2D eigenvalue weighted by atomic mass is 16.7. The third-order valence-corrected chi connectivity index (χ3v) is 10.7. The number of amides is 1. The van der Waals surface area contributed by atoms with Gasteiger partial charge < -0.3 is 54.6 Å². The molecular formula is C42H54N2O13. The van der Waals surface area contributed by atoms with Crippen molar-refractivity contribution in [1.29, 1.82) is 0 Å². The molecule has 9 unspecified atom stereocenters. The zero-order chi connectivity index (χ0) is 42.5. The number of aliphatic hydroxyl groups excluding tert-OH is 2. The first-order chi connectivity index (χ1) is 26.8. The molecule has 0 aromatic heterocycles. The first-order valence-corrected chi connectivity index (χ1v) is 18.7. The largest absolute Gasteiger partial charge is 0.507 e. The van der Waals surface area contributed by atoms with E-state index in [1.54, 1.807) is 58.9 Å². The van der Waals surface area contributed by atoms with Crippen molar-refractivity contribution < 1.29 is 63.7 Å². The molecule has 0 fully saturated rings. The van der Waals surface area contributed by atoms with Gasteiger partial charge in [0.25, 0.3) is 11.7 Å². The number of rotatable bonds is 6. The maximum Gasteiger partial charge on any atom is 0.312 e. The SMILES string of the molecule is C/C=C/CO/N=C/c1c2c(O)c3c(O)c(C)c4c(c3c1O)C(=O)C(C)(O/C=C/C(OC)C(C)C(OC(C)=O)C(C)C(O)C(C)C(O)C(C)/C=C/C=C(/C)C(=O)N2)O4. The maximum absolute atomic E-state index is 14.3. The van der Waals surface area contributed by atoms with Gasteiger partial charge in [-0.2, -0.15) is 0 Å². The molecule has 15 heteroatoms. The van der Waals surface area contributed by atoms with E-state index in [1.807, 2.05) is 0 Å². The Kier molecular flexibility index (Phi) is 14.2. The number of allylic oxidation sites excluding steroid dienone is 3. The lowest BCUT2D eigenvalue weighted by Gasteiger charge is -2.38. The number of Topliss-reactive ketones (excluding diaryl/α,β-unsaturated/α-hetero) is 1. The Labute approximate surface area is 331 Å². The van der Waals surface area contributed by atoms with Gasteiger partial charge in [-0.25, -0.2) is 0 Å². The molecule has 2 aromatic carbocycles. The zero-order valence-electron chi connectivity index (χ0n) is 33.9. The molecule has 5 rings (SSSR count). The number of nitrogens with one attached hydrogen (secondary N) is 1. The van der Waals surface area contributed by atoms with Crippen LogP contribution in [0.15, 0.2) is 53.4 Å². The van der Waals surface area contributed by atoms with E-state index in [2.05, 4.69) is 10.5 Å². The minimum absolute atomic E-state index is 0.0302. The molecule has 2 aromatic rings. The lowest BCUT2D eigenvalue weighted by Crippen LogP contribution is -2.46. The summed E-state index contributed by atoms with van der Waals surface area (Å²) in [7, 11) is 1.42. The van der Waals surface area contributed by atoms with Crippen LogP contribution in [0.25, 0.3) is 10.8 Å². The van der Waals surface area contributed by atoms with Crippen LogP contribution in [0, 0.1) is 30.6 Å². The number of benzene rings is 2. The average Bonchev–Trinajstić information content (AvgIpc) is 3.43.